The summed E-state index contributed by atoms with van der Waals surface area (Å²) in [5.74, 6) is -0.0505. The zero-order valence-electron chi connectivity index (χ0n) is 13.7. The van der Waals surface area contributed by atoms with Gasteiger partial charge in [-0.25, -0.2) is 0 Å². The van der Waals surface area contributed by atoms with Crippen LogP contribution in [-0.4, -0.2) is 35.7 Å². The van der Waals surface area contributed by atoms with Gasteiger partial charge in [0.05, 0.1) is 6.61 Å². The molecular formula is C19H21N3O2. The molecule has 5 nitrogen and oxygen atoms in total. The molecule has 2 aromatic heterocycles. The average Bonchev–Trinajstić information content (AvgIpc) is 3.03. The molecule has 0 saturated heterocycles. The van der Waals surface area contributed by atoms with E-state index >= 15 is 0 Å². The lowest BCUT2D eigenvalue weighted by Crippen LogP contribution is -2.25. The van der Waals surface area contributed by atoms with E-state index in [1.54, 1.807) is 19.5 Å². The van der Waals surface area contributed by atoms with Crippen molar-refractivity contribution in [3.05, 3.63) is 66.1 Å². The second-order valence-corrected chi connectivity index (χ2v) is 5.64. The number of pyridine rings is 1. The van der Waals surface area contributed by atoms with Gasteiger partial charge in [-0.05, 0) is 47.7 Å². The minimum atomic E-state index is -0.0505. The van der Waals surface area contributed by atoms with Gasteiger partial charge in [-0.2, -0.15) is 0 Å². The second kappa shape index (κ2) is 7.75. The van der Waals surface area contributed by atoms with Gasteiger partial charge in [-0.1, -0.05) is 6.07 Å². The topological polar surface area (TPSA) is 56.1 Å². The molecule has 1 aromatic carbocycles. The lowest BCUT2D eigenvalue weighted by atomic mass is 10.1. The Morgan fingerprint density at radius 2 is 2.04 bits per heavy atom. The van der Waals surface area contributed by atoms with Gasteiger partial charge < -0.3 is 14.6 Å². The number of amides is 1. The molecule has 0 bridgehead atoms. The summed E-state index contributed by atoms with van der Waals surface area (Å²) in [6.45, 7) is 2.02. The van der Waals surface area contributed by atoms with Gasteiger partial charge in [-0.15, -0.1) is 0 Å². The number of methoxy groups -OCH3 is 1. The normalized spacial score (nSPS) is 10.9. The first-order chi connectivity index (χ1) is 11.8. The van der Waals surface area contributed by atoms with E-state index in [9.17, 15) is 4.79 Å². The lowest BCUT2D eigenvalue weighted by molar-refractivity contribution is 0.0954. The maximum atomic E-state index is 12.4. The van der Waals surface area contributed by atoms with E-state index in [1.165, 1.54) is 0 Å². The SMILES string of the molecule is COCCn1ccc2ccc(C(=O)NCCc3ccncc3)cc21. The van der Waals surface area contributed by atoms with Crippen molar-refractivity contribution in [2.24, 2.45) is 0 Å². The van der Waals surface area contributed by atoms with Crippen molar-refractivity contribution in [3.63, 3.8) is 0 Å². The highest BCUT2D eigenvalue weighted by molar-refractivity contribution is 5.98. The summed E-state index contributed by atoms with van der Waals surface area (Å²) in [6, 6.07) is 11.8. The fourth-order valence-corrected chi connectivity index (χ4v) is 2.68. The predicted octanol–water partition coefficient (Wildman–Crippen LogP) is 2.66. The van der Waals surface area contributed by atoms with Gasteiger partial charge in [0.2, 0.25) is 0 Å². The van der Waals surface area contributed by atoms with Crippen molar-refractivity contribution in [2.45, 2.75) is 13.0 Å². The smallest absolute Gasteiger partial charge is 0.251 e. The molecule has 0 aliphatic carbocycles. The quantitative estimate of drug-likeness (QED) is 0.727. The van der Waals surface area contributed by atoms with Crippen LogP contribution in [-0.2, 0) is 17.7 Å². The van der Waals surface area contributed by atoms with Gasteiger partial charge >= 0.3 is 0 Å². The Bertz CT molecular complexity index is 812. The third-order valence-electron chi connectivity index (χ3n) is 4.02. The molecule has 0 spiro atoms. The predicted molar refractivity (Wildman–Crippen MR) is 94.1 cm³/mol. The minimum Gasteiger partial charge on any atom is -0.383 e. The standard InChI is InChI=1S/C19H21N3O2/c1-24-13-12-22-11-7-16-2-3-17(14-18(16)22)19(23)21-10-6-15-4-8-20-9-5-15/h2-5,7-9,11,14H,6,10,12-13H2,1H3,(H,21,23). The van der Waals surface area contributed by atoms with Crippen molar-refractivity contribution in [1.29, 1.82) is 0 Å². The number of nitrogens with one attached hydrogen (secondary N) is 1. The first-order valence-corrected chi connectivity index (χ1v) is 8.03. The van der Waals surface area contributed by atoms with Crippen molar-refractivity contribution in [2.75, 3.05) is 20.3 Å². The highest BCUT2D eigenvalue weighted by atomic mass is 16.5. The fourth-order valence-electron chi connectivity index (χ4n) is 2.68. The van der Waals surface area contributed by atoms with Crippen LogP contribution < -0.4 is 5.32 Å². The molecule has 2 heterocycles. The van der Waals surface area contributed by atoms with Crippen LogP contribution in [0.4, 0.5) is 0 Å². The summed E-state index contributed by atoms with van der Waals surface area (Å²) in [4.78, 5) is 16.4. The van der Waals surface area contributed by atoms with Gasteiger partial charge in [0.1, 0.15) is 0 Å². The lowest BCUT2D eigenvalue weighted by Gasteiger charge is -2.08. The molecule has 3 rings (SSSR count). The number of carbonyl (C=O) groups is 1. The Labute approximate surface area is 141 Å². The summed E-state index contributed by atoms with van der Waals surface area (Å²) in [5, 5.41) is 4.10. The zero-order chi connectivity index (χ0) is 16.8. The Balaban J connectivity index is 1.65. The molecule has 3 aromatic rings. The number of fused-ring (bicyclic) bond motifs is 1. The van der Waals surface area contributed by atoms with Crippen LogP contribution in [0.2, 0.25) is 0 Å². The Kier molecular flexibility index (Phi) is 5.23. The number of carbonyl (C=O) groups excluding carboxylic acids is 1. The molecule has 124 valence electrons. The van der Waals surface area contributed by atoms with Crippen molar-refractivity contribution < 1.29 is 9.53 Å². The molecule has 0 fully saturated rings. The van der Waals surface area contributed by atoms with E-state index in [0.717, 1.165) is 29.4 Å². The summed E-state index contributed by atoms with van der Waals surface area (Å²) < 4.78 is 7.24. The number of benzene rings is 1. The zero-order valence-corrected chi connectivity index (χ0v) is 13.7. The summed E-state index contributed by atoms with van der Waals surface area (Å²) >= 11 is 0. The minimum absolute atomic E-state index is 0.0505. The molecule has 1 N–H and O–H groups in total. The molecule has 0 unspecified atom stereocenters. The van der Waals surface area contributed by atoms with E-state index < -0.39 is 0 Å². The Morgan fingerprint density at radius 3 is 2.83 bits per heavy atom. The van der Waals surface area contributed by atoms with Crippen LogP contribution in [0.25, 0.3) is 10.9 Å². The van der Waals surface area contributed by atoms with Gasteiger partial charge in [0, 0.05) is 49.9 Å². The van der Waals surface area contributed by atoms with E-state index in [1.807, 2.05) is 36.5 Å². The van der Waals surface area contributed by atoms with Gasteiger partial charge in [0.25, 0.3) is 5.91 Å². The van der Waals surface area contributed by atoms with Crippen molar-refractivity contribution in [1.82, 2.24) is 14.9 Å². The largest absolute Gasteiger partial charge is 0.383 e. The maximum absolute atomic E-state index is 12.4. The van der Waals surface area contributed by atoms with Crippen LogP contribution in [0.1, 0.15) is 15.9 Å². The number of hydrogen-bond donors (Lipinski definition) is 1. The van der Waals surface area contributed by atoms with Crippen LogP contribution in [0.5, 0.6) is 0 Å². The molecule has 24 heavy (non-hydrogen) atoms. The first kappa shape index (κ1) is 16.2. The number of hydrogen-bond acceptors (Lipinski definition) is 3. The number of nitrogens with zero attached hydrogens (tertiary/aromatic N) is 2. The fraction of sp³-hybridized carbons (Fsp3) is 0.263. The molecule has 0 radical (unpaired) electrons. The van der Waals surface area contributed by atoms with E-state index in [2.05, 4.69) is 20.9 Å². The van der Waals surface area contributed by atoms with E-state index in [0.29, 0.717) is 18.7 Å². The number of ether oxygens (including phenoxy) is 1. The Hall–Kier alpha value is -2.66. The van der Waals surface area contributed by atoms with E-state index in [-0.39, 0.29) is 5.91 Å². The molecular weight excluding hydrogens is 302 g/mol. The van der Waals surface area contributed by atoms with Crippen molar-refractivity contribution in [3.8, 4) is 0 Å². The van der Waals surface area contributed by atoms with Gasteiger partial charge in [-0.3, -0.25) is 9.78 Å². The highest BCUT2D eigenvalue weighted by Crippen LogP contribution is 2.18. The molecule has 0 aliphatic heterocycles. The third kappa shape index (κ3) is 3.81. The van der Waals surface area contributed by atoms with Crippen LogP contribution in [0.15, 0.2) is 55.0 Å². The van der Waals surface area contributed by atoms with Crippen molar-refractivity contribution >= 4 is 16.8 Å². The summed E-state index contributed by atoms with van der Waals surface area (Å²) in [6.07, 6.45) is 6.34. The summed E-state index contributed by atoms with van der Waals surface area (Å²) in [5.41, 5.74) is 2.89. The molecule has 0 aliphatic rings. The monoisotopic (exact) mass is 323 g/mol. The molecule has 0 saturated carbocycles. The molecule has 1 amide bonds. The maximum Gasteiger partial charge on any atom is 0.251 e. The molecule has 0 atom stereocenters. The van der Waals surface area contributed by atoms with Gasteiger partial charge in [0.15, 0.2) is 0 Å². The number of rotatable bonds is 7. The Morgan fingerprint density at radius 1 is 1.21 bits per heavy atom. The van der Waals surface area contributed by atoms with Crippen LogP contribution in [0.3, 0.4) is 0 Å². The summed E-state index contributed by atoms with van der Waals surface area (Å²) in [7, 11) is 1.69. The number of aromatic nitrogens is 2. The first-order valence-electron chi connectivity index (χ1n) is 8.03. The highest BCUT2D eigenvalue weighted by Gasteiger charge is 2.08. The van der Waals surface area contributed by atoms with E-state index in [4.69, 9.17) is 4.74 Å². The average molecular weight is 323 g/mol. The third-order valence-corrected chi connectivity index (χ3v) is 4.02. The van der Waals surface area contributed by atoms with Crippen LogP contribution >= 0.6 is 0 Å². The second-order valence-electron chi connectivity index (χ2n) is 5.64. The van der Waals surface area contributed by atoms with Crippen LogP contribution in [0, 0.1) is 0 Å². The molecule has 5 heteroatoms.